The quantitative estimate of drug-likeness (QED) is 0.358. The number of ether oxygens (including phenoxy) is 2. The van der Waals surface area contributed by atoms with Crippen molar-refractivity contribution < 1.29 is 14.3 Å². The molecule has 0 unspecified atom stereocenters. The largest absolute Gasteiger partial charge is 0.514 e. The molecule has 136 valence electrons. The van der Waals surface area contributed by atoms with Crippen LogP contribution in [0.5, 0.6) is 5.75 Å². The summed E-state index contributed by atoms with van der Waals surface area (Å²) in [6.07, 6.45) is -0.760. The lowest BCUT2D eigenvalue weighted by molar-refractivity contribution is 0.0928. The molecule has 0 amide bonds. The summed E-state index contributed by atoms with van der Waals surface area (Å²) in [6, 6.07) is 22.5. The van der Waals surface area contributed by atoms with Gasteiger partial charge < -0.3 is 14.5 Å². The number of H-pyrrole nitrogens is 1. The normalized spacial score (nSPS) is 11.1. The van der Waals surface area contributed by atoms with Gasteiger partial charge in [-0.15, -0.1) is 0 Å². The zero-order valence-electron chi connectivity index (χ0n) is 14.8. The number of hydrogen-bond donors (Lipinski definition) is 1. The van der Waals surface area contributed by atoms with Gasteiger partial charge in [0.05, 0.1) is 11.0 Å². The molecule has 2 aromatic heterocycles. The number of nitrogens with one attached hydrogen (secondary N) is 1. The van der Waals surface area contributed by atoms with Gasteiger partial charge in [0.15, 0.2) is 5.65 Å². The molecule has 0 fully saturated rings. The van der Waals surface area contributed by atoms with Crippen LogP contribution < -0.4 is 4.74 Å². The number of fused-ring (bicyclic) bond motifs is 4. The molecule has 6 heteroatoms. The predicted octanol–water partition coefficient (Wildman–Crippen LogP) is 4.98. The molecular weight excluding hydrogens is 354 g/mol. The minimum Gasteiger partial charge on any atom is -0.429 e. The van der Waals surface area contributed by atoms with Crippen molar-refractivity contribution >= 4 is 39.3 Å². The molecule has 0 bridgehead atoms. The fourth-order valence-electron chi connectivity index (χ4n) is 3.14. The Kier molecular flexibility index (Phi) is 3.87. The van der Waals surface area contributed by atoms with Crippen molar-refractivity contribution in [2.75, 3.05) is 0 Å². The molecule has 0 spiro atoms. The molecule has 2 heterocycles. The molecule has 0 radical (unpaired) electrons. The highest BCUT2D eigenvalue weighted by Crippen LogP contribution is 2.26. The number of para-hydroxylation sites is 1. The maximum Gasteiger partial charge on any atom is 0.514 e. The van der Waals surface area contributed by atoms with Crippen molar-refractivity contribution in [3.8, 4) is 5.75 Å². The molecular formula is C22H15N3O3. The summed E-state index contributed by atoms with van der Waals surface area (Å²) in [5.41, 5.74) is 4.74. The van der Waals surface area contributed by atoms with Crippen molar-refractivity contribution in [2.24, 2.45) is 0 Å². The lowest BCUT2D eigenvalue weighted by Crippen LogP contribution is -2.10. The third kappa shape index (κ3) is 3.01. The highest BCUT2D eigenvalue weighted by Gasteiger charge is 2.11. The van der Waals surface area contributed by atoms with E-state index in [4.69, 9.17) is 14.5 Å². The Morgan fingerprint density at radius 3 is 2.61 bits per heavy atom. The first kappa shape index (κ1) is 16.3. The molecule has 5 rings (SSSR count). The van der Waals surface area contributed by atoms with E-state index in [1.807, 2.05) is 54.6 Å². The fourth-order valence-corrected chi connectivity index (χ4v) is 3.14. The number of aromatic amines is 1. The summed E-state index contributed by atoms with van der Waals surface area (Å²) >= 11 is 0. The zero-order valence-corrected chi connectivity index (χ0v) is 14.8. The molecule has 28 heavy (non-hydrogen) atoms. The van der Waals surface area contributed by atoms with Crippen molar-refractivity contribution in [1.82, 2.24) is 15.0 Å². The van der Waals surface area contributed by atoms with E-state index in [2.05, 4.69) is 9.97 Å². The fraction of sp³-hybridized carbons (Fsp3) is 0.0455. The average molecular weight is 369 g/mol. The highest BCUT2D eigenvalue weighted by atomic mass is 16.7. The first-order chi connectivity index (χ1) is 13.8. The second-order valence-corrected chi connectivity index (χ2v) is 6.37. The summed E-state index contributed by atoms with van der Waals surface area (Å²) in [5, 5.41) is 1.00. The van der Waals surface area contributed by atoms with Crippen LogP contribution in [0.3, 0.4) is 0 Å². The van der Waals surface area contributed by atoms with Gasteiger partial charge in [-0.3, -0.25) is 0 Å². The van der Waals surface area contributed by atoms with E-state index >= 15 is 0 Å². The first-order valence-corrected chi connectivity index (χ1v) is 8.83. The lowest BCUT2D eigenvalue weighted by atomic mass is 10.2. The second kappa shape index (κ2) is 6.66. The molecule has 1 N–H and O–H groups in total. The third-order valence-electron chi connectivity index (χ3n) is 4.47. The summed E-state index contributed by atoms with van der Waals surface area (Å²) in [4.78, 5) is 24.6. The molecule has 0 aliphatic carbocycles. The van der Waals surface area contributed by atoms with Crippen molar-refractivity contribution in [2.45, 2.75) is 6.61 Å². The van der Waals surface area contributed by atoms with E-state index in [0.717, 1.165) is 27.6 Å². The van der Waals surface area contributed by atoms with Crippen LogP contribution >= 0.6 is 0 Å². The van der Waals surface area contributed by atoms with Crippen molar-refractivity contribution in [3.63, 3.8) is 0 Å². The van der Waals surface area contributed by atoms with E-state index in [0.29, 0.717) is 16.8 Å². The second-order valence-electron chi connectivity index (χ2n) is 6.37. The Bertz CT molecular complexity index is 1310. The Morgan fingerprint density at radius 1 is 0.893 bits per heavy atom. The van der Waals surface area contributed by atoms with Crippen molar-refractivity contribution in [3.05, 3.63) is 78.4 Å². The summed E-state index contributed by atoms with van der Waals surface area (Å²) in [5.74, 6) is 0.360. The molecule has 3 aromatic carbocycles. The molecule has 6 nitrogen and oxygen atoms in total. The number of aromatic nitrogens is 3. The van der Waals surface area contributed by atoms with Gasteiger partial charge in [-0.05, 0) is 23.8 Å². The molecule has 0 atom stereocenters. The lowest BCUT2D eigenvalue weighted by Gasteiger charge is -2.06. The number of carbonyl (C=O) groups is 1. The Balaban J connectivity index is 1.41. The maximum absolute atomic E-state index is 12.0. The minimum atomic E-state index is -0.760. The van der Waals surface area contributed by atoms with Crippen LogP contribution in [0.15, 0.2) is 72.8 Å². The summed E-state index contributed by atoms with van der Waals surface area (Å²) in [6.45, 7) is 0.156. The van der Waals surface area contributed by atoms with Gasteiger partial charge in [0.2, 0.25) is 0 Å². The van der Waals surface area contributed by atoms with Gasteiger partial charge in [0.25, 0.3) is 0 Å². The average Bonchev–Trinajstić information content (AvgIpc) is 3.09. The number of carbonyl (C=O) groups excluding carboxylic acids is 1. The van der Waals surface area contributed by atoms with E-state index in [1.165, 1.54) is 0 Å². The van der Waals surface area contributed by atoms with Gasteiger partial charge in [-0.1, -0.05) is 48.5 Å². The molecule has 0 aliphatic heterocycles. The van der Waals surface area contributed by atoms with E-state index in [-0.39, 0.29) is 6.61 Å². The van der Waals surface area contributed by atoms with Crippen LogP contribution in [0.4, 0.5) is 4.79 Å². The summed E-state index contributed by atoms with van der Waals surface area (Å²) in [7, 11) is 0. The SMILES string of the molecule is O=C(OCc1ccccc1)Oc1ccc2nc3[nH]c4ccccc4c3nc2c1. The molecule has 0 saturated carbocycles. The van der Waals surface area contributed by atoms with Crippen LogP contribution in [0.25, 0.3) is 33.1 Å². The molecule has 0 aliphatic rings. The van der Waals surface area contributed by atoms with Crippen LogP contribution in [0.1, 0.15) is 5.56 Å². The number of hydrogen-bond acceptors (Lipinski definition) is 5. The zero-order chi connectivity index (χ0) is 18.9. The van der Waals surface area contributed by atoms with Crippen LogP contribution in [-0.4, -0.2) is 21.1 Å². The van der Waals surface area contributed by atoms with Gasteiger partial charge in [-0.25, -0.2) is 14.8 Å². The highest BCUT2D eigenvalue weighted by molar-refractivity contribution is 6.05. The molecule has 0 saturated heterocycles. The number of benzene rings is 3. The summed E-state index contributed by atoms with van der Waals surface area (Å²) < 4.78 is 10.4. The first-order valence-electron chi connectivity index (χ1n) is 8.83. The van der Waals surface area contributed by atoms with E-state index in [1.54, 1.807) is 18.2 Å². The van der Waals surface area contributed by atoms with Crippen LogP contribution in [0.2, 0.25) is 0 Å². The monoisotopic (exact) mass is 369 g/mol. The van der Waals surface area contributed by atoms with Gasteiger partial charge in [0, 0.05) is 17.0 Å². The predicted molar refractivity (Wildman–Crippen MR) is 106 cm³/mol. The van der Waals surface area contributed by atoms with E-state index < -0.39 is 6.16 Å². The molecule has 5 aromatic rings. The van der Waals surface area contributed by atoms with Crippen LogP contribution in [0, 0.1) is 0 Å². The Hall–Kier alpha value is -3.93. The smallest absolute Gasteiger partial charge is 0.429 e. The standard InChI is InChI=1S/C22H15N3O3/c26-22(27-13-14-6-2-1-3-7-14)28-15-10-11-18-19(12-15)23-20-16-8-4-5-9-17(16)24-21(20)25-18/h1-12H,13H2,(H,24,25). The number of rotatable bonds is 3. The van der Waals surface area contributed by atoms with Gasteiger partial charge >= 0.3 is 6.16 Å². The third-order valence-corrected chi connectivity index (χ3v) is 4.47. The van der Waals surface area contributed by atoms with E-state index in [9.17, 15) is 4.79 Å². The number of nitrogens with zero attached hydrogens (tertiary/aromatic N) is 2. The minimum absolute atomic E-state index is 0.156. The van der Waals surface area contributed by atoms with Crippen LogP contribution in [-0.2, 0) is 11.3 Å². The van der Waals surface area contributed by atoms with Gasteiger partial charge in [0.1, 0.15) is 17.9 Å². The topological polar surface area (TPSA) is 77.1 Å². The van der Waals surface area contributed by atoms with Crippen molar-refractivity contribution in [1.29, 1.82) is 0 Å². The Morgan fingerprint density at radius 2 is 1.71 bits per heavy atom. The maximum atomic E-state index is 12.0. The van der Waals surface area contributed by atoms with Gasteiger partial charge in [-0.2, -0.15) is 0 Å². The Labute approximate surface area is 159 Å².